The zero-order chi connectivity index (χ0) is 11.5. The molecule has 16 heavy (non-hydrogen) atoms. The monoisotopic (exact) mass is 236 g/mol. The maximum absolute atomic E-state index is 5.39. The average molecular weight is 236 g/mol. The average Bonchev–Trinajstić information content (AvgIpc) is 2.29. The van der Waals surface area contributed by atoms with E-state index in [2.05, 4.69) is 35.9 Å². The Balaban J connectivity index is 2.30. The van der Waals surface area contributed by atoms with Gasteiger partial charge in [-0.2, -0.15) is 0 Å². The van der Waals surface area contributed by atoms with E-state index >= 15 is 0 Å². The molecule has 2 nitrogen and oxygen atoms in total. The third-order valence-electron chi connectivity index (χ3n) is 3.42. The second kappa shape index (κ2) is 5.11. The number of rotatable bonds is 2. The molecule has 0 amide bonds. The highest BCUT2D eigenvalue weighted by molar-refractivity contribution is 7.71. The summed E-state index contributed by atoms with van der Waals surface area (Å²) >= 11 is 5.39. The zero-order valence-corrected chi connectivity index (χ0v) is 10.9. The van der Waals surface area contributed by atoms with Crippen molar-refractivity contribution in [2.75, 3.05) is 6.54 Å². The first-order chi connectivity index (χ1) is 7.70. The van der Waals surface area contributed by atoms with Crippen LogP contribution < -0.4 is 0 Å². The number of aromatic amines is 1. The van der Waals surface area contributed by atoms with Crippen molar-refractivity contribution in [1.29, 1.82) is 0 Å². The second-order valence-corrected chi connectivity index (χ2v) is 5.21. The summed E-state index contributed by atoms with van der Waals surface area (Å²) in [6.45, 7) is 5.74. The SMILES string of the molecule is CC(C)N1CCCC[C@H]1c1ccc[nH]c1=S. The summed E-state index contributed by atoms with van der Waals surface area (Å²) in [4.78, 5) is 5.72. The molecule has 0 unspecified atom stereocenters. The van der Waals surface area contributed by atoms with E-state index in [1.807, 2.05) is 6.20 Å². The molecule has 0 radical (unpaired) electrons. The number of nitrogens with zero attached hydrogens (tertiary/aromatic N) is 1. The van der Waals surface area contributed by atoms with E-state index < -0.39 is 0 Å². The minimum Gasteiger partial charge on any atom is -0.353 e. The second-order valence-electron chi connectivity index (χ2n) is 4.80. The predicted octanol–water partition coefficient (Wildman–Crippen LogP) is 3.68. The topological polar surface area (TPSA) is 19.0 Å². The van der Waals surface area contributed by atoms with Crippen LogP contribution in [0.15, 0.2) is 18.3 Å². The first-order valence-corrected chi connectivity index (χ1v) is 6.54. The summed E-state index contributed by atoms with van der Waals surface area (Å²) in [5, 5.41) is 0. The van der Waals surface area contributed by atoms with Gasteiger partial charge in [0, 0.05) is 23.8 Å². The molecule has 1 fully saturated rings. The first kappa shape index (κ1) is 11.8. The van der Waals surface area contributed by atoms with Crippen LogP contribution in [-0.2, 0) is 0 Å². The van der Waals surface area contributed by atoms with E-state index in [1.54, 1.807) is 0 Å². The standard InChI is InChI=1S/C13H20N2S/c1-10(2)15-9-4-3-7-12(15)11-6-5-8-14-13(11)16/h5-6,8,10,12H,3-4,7,9H2,1-2H3,(H,14,16)/t12-/m0/s1. The first-order valence-electron chi connectivity index (χ1n) is 6.13. The van der Waals surface area contributed by atoms with Crippen LogP contribution in [0.2, 0.25) is 0 Å². The molecule has 0 bridgehead atoms. The number of likely N-dealkylation sites (tertiary alicyclic amines) is 1. The van der Waals surface area contributed by atoms with E-state index in [0.29, 0.717) is 12.1 Å². The Bertz CT molecular complexity index is 397. The van der Waals surface area contributed by atoms with Crippen molar-refractivity contribution in [2.24, 2.45) is 0 Å². The smallest absolute Gasteiger partial charge is 0.108 e. The van der Waals surface area contributed by atoms with Gasteiger partial charge >= 0.3 is 0 Å². The van der Waals surface area contributed by atoms with Gasteiger partial charge in [0.05, 0.1) is 0 Å². The van der Waals surface area contributed by atoms with E-state index in [0.717, 1.165) is 4.64 Å². The highest BCUT2D eigenvalue weighted by atomic mass is 32.1. The van der Waals surface area contributed by atoms with E-state index in [-0.39, 0.29) is 0 Å². The highest BCUT2D eigenvalue weighted by Gasteiger charge is 2.26. The third-order valence-corrected chi connectivity index (χ3v) is 3.77. The van der Waals surface area contributed by atoms with Gasteiger partial charge in [-0.1, -0.05) is 24.7 Å². The minimum absolute atomic E-state index is 0.513. The molecule has 1 atom stereocenters. The van der Waals surface area contributed by atoms with Gasteiger partial charge in [-0.3, -0.25) is 4.90 Å². The van der Waals surface area contributed by atoms with Crippen LogP contribution in [0.5, 0.6) is 0 Å². The van der Waals surface area contributed by atoms with Gasteiger partial charge in [-0.25, -0.2) is 0 Å². The lowest BCUT2D eigenvalue weighted by molar-refractivity contribution is 0.111. The van der Waals surface area contributed by atoms with Gasteiger partial charge in [0.1, 0.15) is 4.64 Å². The molecule has 0 aliphatic carbocycles. The molecule has 1 aromatic rings. The van der Waals surface area contributed by atoms with Crippen molar-refractivity contribution in [3.05, 3.63) is 28.5 Å². The number of nitrogens with one attached hydrogen (secondary N) is 1. The van der Waals surface area contributed by atoms with Crippen LogP contribution in [-0.4, -0.2) is 22.5 Å². The molecule has 2 rings (SSSR count). The molecule has 3 heteroatoms. The normalized spacial score (nSPS) is 22.6. The van der Waals surface area contributed by atoms with Crippen LogP contribution in [0.1, 0.15) is 44.7 Å². The Labute approximate surface area is 103 Å². The molecular weight excluding hydrogens is 216 g/mol. The zero-order valence-electron chi connectivity index (χ0n) is 10.1. The molecule has 0 aromatic carbocycles. The predicted molar refractivity (Wildman–Crippen MR) is 70.1 cm³/mol. The summed E-state index contributed by atoms with van der Waals surface area (Å²) < 4.78 is 0.903. The molecule has 1 saturated heterocycles. The van der Waals surface area contributed by atoms with Crippen molar-refractivity contribution in [2.45, 2.75) is 45.2 Å². The summed E-state index contributed by atoms with van der Waals surface area (Å²) in [5.74, 6) is 0. The lowest BCUT2D eigenvalue weighted by Crippen LogP contribution is -2.38. The molecule has 88 valence electrons. The molecule has 0 spiro atoms. The number of hydrogen-bond acceptors (Lipinski definition) is 2. The Morgan fingerprint density at radius 1 is 1.44 bits per heavy atom. The summed E-state index contributed by atoms with van der Waals surface area (Å²) in [6.07, 6.45) is 5.78. The maximum Gasteiger partial charge on any atom is 0.108 e. The van der Waals surface area contributed by atoms with Crippen LogP contribution in [0.25, 0.3) is 0 Å². The Morgan fingerprint density at radius 2 is 2.25 bits per heavy atom. The molecule has 0 saturated carbocycles. The van der Waals surface area contributed by atoms with Crippen LogP contribution in [0.4, 0.5) is 0 Å². The summed E-state index contributed by atoms with van der Waals surface area (Å²) in [5.41, 5.74) is 1.30. The van der Waals surface area contributed by atoms with E-state index in [9.17, 15) is 0 Å². The maximum atomic E-state index is 5.39. The van der Waals surface area contributed by atoms with E-state index in [1.165, 1.54) is 31.4 Å². The van der Waals surface area contributed by atoms with Gasteiger partial charge < -0.3 is 4.98 Å². The van der Waals surface area contributed by atoms with Gasteiger partial charge in [-0.15, -0.1) is 0 Å². The van der Waals surface area contributed by atoms with Gasteiger partial charge in [0.2, 0.25) is 0 Å². The van der Waals surface area contributed by atoms with Crippen molar-refractivity contribution in [3.63, 3.8) is 0 Å². The summed E-state index contributed by atoms with van der Waals surface area (Å²) in [7, 11) is 0. The molecule has 2 heterocycles. The van der Waals surface area contributed by atoms with E-state index in [4.69, 9.17) is 12.2 Å². The number of aromatic nitrogens is 1. The van der Waals surface area contributed by atoms with Gasteiger partial charge in [0.25, 0.3) is 0 Å². The molecule has 1 aromatic heterocycles. The largest absolute Gasteiger partial charge is 0.353 e. The van der Waals surface area contributed by atoms with Gasteiger partial charge in [0.15, 0.2) is 0 Å². The Hall–Kier alpha value is -0.670. The van der Waals surface area contributed by atoms with Crippen molar-refractivity contribution in [1.82, 2.24) is 9.88 Å². The van der Waals surface area contributed by atoms with Crippen LogP contribution >= 0.6 is 12.2 Å². The fourth-order valence-corrected chi connectivity index (χ4v) is 2.88. The number of hydrogen-bond donors (Lipinski definition) is 1. The minimum atomic E-state index is 0.513. The lowest BCUT2D eigenvalue weighted by Gasteiger charge is -2.38. The quantitative estimate of drug-likeness (QED) is 0.790. The van der Waals surface area contributed by atoms with Crippen molar-refractivity contribution in [3.8, 4) is 0 Å². The molecular formula is C13H20N2S. The lowest BCUT2D eigenvalue weighted by atomic mass is 9.95. The van der Waals surface area contributed by atoms with Crippen molar-refractivity contribution >= 4 is 12.2 Å². The molecule has 1 aliphatic heterocycles. The number of pyridine rings is 1. The fraction of sp³-hybridized carbons (Fsp3) is 0.615. The fourth-order valence-electron chi connectivity index (χ4n) is 2.60. The molecule has 1 N–H and O–H groups in total. The van der Waals surface area contributed by atoms with Crippen molar-refractivity contribution < 1.29 is 0 Å². The Morgan fingerprint density at radius 3 is 2.94 bits per heavy atom. The number of piperidine rings is 1. The number of H-pyrrole nitrogens is 1. The summed E-state index contributed by atoms with van der Waals surface area (Å²) in [6, 6.07) is 5.33. The molecule has 1 aliphatic rings. The Kier molecular flexibility index (Phi) is 3.77. The highest BCUT2D eigenvalue weighted by Crippen LogP contribution is 2.32. The van der Waals surface area contributed by atoms with Crippen LogP contribution in [0, 0.1) is 4.64 Å². The van der Waals surface area contributed by atoms with Gasteiger partial charge in [-0.05, 0) is 39.3 Å². The van der Waals surface area contributed by atoms with Crippen LogP contribution in [0.3, 0.4) is 0 Å². The third kappa shape index (κ3) is 2.36.